The fraction of sp³-hybridized carbons (Fsp3) is 0.333. The van der Waals surface area contributed by atoms with Crippen LogP contribution in [0.15, 0.2) is 53.3 Å². The second-order valence-corrected chi connectivity index (χ2v) is 6.87. The van der Waals surface area contributed by atoms with Crippen molar-refractivity contribution in [3.63, 3.8) is 0 Å². The van der Waals surface area contributed by atoms with Gasteiger partial charge in [0.05, 0.1) is 27.7 Å². The van der Waals surface area contributed by atoms with Gasteiger partial charge in [0.1, 0.15) is 5.82 Å². The predicted octanol–water partition coefficient (Wildman–Crippen LogP) is 4.88. The maximum atomic E-state index is 13.2. The van der Waals surface area contributed by atoms with E-state index in [1.807, 2.05) is 43.3 Å². The summed E-state index contributed by atoms with van der Waals surface area (Å²) in [6.07, 6.45) is 3.46. The van der Waals surface area contributed by atoms with Crippen molar-refractivity contribution in [1.29, 1.82) is 0 Å². The van der Waals surface area contributed by atoms with Crippen LogP contribution in [0.3, 0.4) is 0 Å². The standard InChI is InChI=1S/C21H24ClN3O/c1-3-4-9-14-23-15(2)20-24-18-12-7-5-10-16(18)21(26)25(20)19-13-8-6-11-17(19)22/h5-8,10-13,15,23H,3-4,9,14H2,1-2H3/t15-/m1/s1. The van der Waals surface area contributed by atoms with E-state index in [1.54, 1.807) is 16.7 Å². The molecule has 0 unspecified atom stereocenters. The molecule has 0 bridgehead atoms. The normalized spacial score (nSPS) is 12.4. The van der Waals surface area contributed by atoms with Crippen LogP contribution in [0, 0.1) is 0 Å². The molecule has 2 aromatic carbocycles. The highest BCUT2D eigenvalue weighted by Gasteiger charge is 2.18. The number of rotatable bonds is 7. The summed E-state index contributed by atoms with van der Waals surface area (Å²) < 4.78 is 1.64. The molecule has 0 saturated heterocycles. The van der Waals surface area contributed by atoms with Gasteiger partial charge >= 0.3 is 0 Å². The van der Waals surface area contributed by atoms with Crippen LogP contribution < -0.4 is 10.9 Å². The number of halogens is 1. The molecule has 0 spiro atoms. The summed E-state index contributed by atoms with van der Waals surface area (Å²) in [5.74, 6) is 0.679. The van der Waals surface area contributed by atoms with Crippen molar-refractivity contribution >= 4 is 22.5 Å². The minimum absolute atomic E-state index is 0.0690. The average molecular weight is 370 g/mol. The van der Waals surface area contributed by atoms with Gasteiger partial charge in [0, 0.05) is 0 Å². The van der Waals surface area contributed by atoms with Crippen LogP contribution in [-0.2, 0) is 0 Å². The van der Waals surface area contributed by atoms with Gasteiger partial charge in [-0.1, -0.05) is 55.6 Å². The maximum Gasteiger partial charge on any atom is 0.266 e. The number of hydrogen-bond acceptors (Lipinski definition) is 3. The van der Waals surface area contributed by atoms with E-state index in [9.17, 15) is 4.79 Å². The van der Waals surface area contributed by atoms with Crippen molar-refractivity contribution in [1.82, 2.24) is 14.9 Å². The van der Waals surface area contributed by atoms with E-state index < -0.39 is 0 Å². The molecule has 1 atom stereocenters. The van der Waals surface area contributed by atoms with Crippen LogP contribution in [0.2, 0.25) is 5.02 Å². The summed E-state index contributed by atoms with van der Waals surface area (Å²) in [6.45, 7) is 5.11. The molecule has 0 fully saturated rings. The van der Waals surface area contributed by atoms with Gasteiger partial charge < -0.3 is 5.32 Å². The van der Waals surface area contributed by atoms with E-state index in [2.05, 4.69) is 12.2 Å². The number of nitrogens with zero attached hydrogens (tertiary/aromatic N) is 2. The number of para-hydroxylation sites is 2. The van der Waals surface area contributed by atoms with Crippen molar-refractivity contribution in [3.05, 3.63) is 69.7 Å². The first-order chi connectivity index (χ1) is 12.6. The first-order valence-corrected chi connectivity index (χ1v) is 9.51. The summed E-state index contributed by atoms with van der Waals surface area (Å²) in [7, 11) is 0. The molecular weight excluding hydrogens is 346 g/mol. The first-order valence-electron chi connectivity index (χ1n) is 9.13. The Balaban J connectivity index is 2.12. The van der Waals surface area contributed by atoms with Crippen LogP contribution in [0.1, 0.15) is 45.0 Å². The summed E-state index contributed by atoms with van der Waals surface area (Å²) in [6, 6.07) is 14.8. The van der Waals surface area contributed by atoms with Crippen LogP contribution in [-0.4, -0.2) is 16.1 Å². The van der Waals surface area contributed by atoms with Crippen LogP contribution in [0.25, 0.3) is 16.6 Å². The Kier molecular flexibility index (Phi) is 6.07. The van der Waals surface area contributed by atoms with Gasteiger partial charge in [-0.2, -0.15) is 0 Å². The largest absolute Gasteiger partial charge is 0.308 e. The Morgan fingerprint density at radius 1 is 1.12 bits per heavy atom. The Hall–Kier alpha value is -2.17. The SMILES string of the molecule is CCCCCN[C@H](C)c1nc2ccccc2c(=O)n1-c1ccccc1Cl. The van der Waals surface area contributed by atoms with Gasteiger partial charge in [0.2, 0.25) is 0 Å². The van der Waals surface area contributed by atoms with Crippen molar-refractivity contribution in [3.8, 4) is 5.69 Å². The minimum Gasteiger partial charge on any atom is -0.308 e. The molecule has 0 saturated carbocycles. The van der Waals surface area contributed by atoms with Crippen LogP contribution in [0.5, 0.6) is 0 Å². The van der Waals surface area contributed by atoms with E-state index in [0.29, 0.717) is 27.4 Å². The van der Waals surface area contributed by atoms with Gasteiger partial charge in [-0.3, -0.25) is 9.36 Å². The van der Waals surface area contributed by atoms with E-state index >= 15 is 0 Å². The second kappa shape index (κ2) is 8.47. The fourth-order valence-corrected chi connectivity index (χ4v) is 3.31. The Morgan fingerprint density at radius 3 is 2.62 bits per heavy atom. The molecule has 26 heavy (non-hydrogen) atoms. The van der Waals surface area contributed by atoms with Crippen molar-refractivity contribution < 1.29 is 0 Å². The average Bonchev–Trinajstić information content (AvgIpc) is 2.66. The summed E-state index contributed by atoms with van der Waals surface area (Å²) in [5, 5.41) is 4.62. The van der Waals surface area contributed by atoms with E-state index in [1.165, 1.54) is 12.8 Å². The summed E-state index contributed by atoms with van der Waals surface area (Å²) >= 11 is 6.40. The molecule has 5 heteroatoms. The number of nitrogens with one attached hydrogen (secondary N) is 1. The van der Waals surface area contributed by atoms with Gasteiger partial charge in [-0.25, -0.2) is 4.98 Å². The molecule has 3 rings (SSSR count). The zero-order chi connectivity index (χ0) is 18.5. The topological polar surface area (TPSA) is 46.9 Å². The van der Waals surface area contributed by atoms with Crippen molar-refractivity contribution in [2.45, 2.75) is 39.2 Å². The van der Waals surface area contributed by atoms with Crippen LogP contribution >= 0.6 is 11.6 Å². The lowest BCUT2D eigenvalue weighted by molar-refractivity contribution is 0.513. The maximum absolute atomic E-state index is 13.2. The highest BCUT2D eigenvalue weighted by atomic mass is 35.5. The number of unbranched alkanes of at least 4 members (excludes halogenated alkanes) is 2. The lowest BCUT2D eigenvalue weighted by atomic mass is 10.2. The smallest absolute Gasteiger partial charge is 0.266 e. The molecule has 0 amide bonds. The minimum atomic E-state index is -0.0964. The number of hydrogen-bond donors (Lipinski definition) is 1. The summed E-state index contributed by atoms with van der Waals surface area (Å²) in [5.41, 5.74) is 1.27. The third-order valence-corrected chi connectivity index (χ3v) is 4.83. The molecule has 1 N–H and O–H groups in total. The van der Waals surface area contributed by atoms with Gasteiger partial charge in [-0.15, -0.1) is 0 Å². The van der Waals surface area contributed by atoms with E-state index in [-0.39, 0.29) is 11.6 Å². The first kappa shape index (κ1) is 18.6. The fourth-order valence-electron chi connectivity index (χ4n) is 3.09. The van der Waals surface area contributed by atoms with Crippen molar-refractivity contribution in [2.75, 3.05) is 6.54 Å². The Labute approximate surface area is 158 Å². The molecule has 1 heterocycles. The number of aromatic nitrogens is 2. The molecule has 0 aliphatic rings. The van der Waals surface area contributed by atoms with Gasteiger partial charge in [0.15, 0.2) is 0 Å². The lowest BCUT2D eigenvalue weighted by Gasteiger charge is -2.20. The molecule has 0 radical (unpaired) electrons. The molecule has 136 valence electrons. The zero-order valence-electron chi connectivity index (χ0n) is 15.2. The molecular formula is C21H24ClN3O. The third-order valence-electron chi connectivity index (χ3n) is 4.51. The lowest BCUT2D eigenvalue weighted by Crippen LogP contribution is -2.30. The van der Waals surface area contributed by atoms with E-state index in [0.717, 1.165) is 13.0 Å². The Bertz CT molecular complexity index is 951. The second-order valence-electron chi connectivity index (χ2n) is 6.46. The quantitative estimate of drug-likeness (QED) is 0.604. The van der Waals surface area contributed by atoms with Crippen LogP contribution in [0.4, 0.5) is 0 Å². The van der Waals surface area contributed by atoms with Gasteiger partial charge in [-0.05, 0) is 44.2 Å². The third kappa shape index (κ3) is 3.81. The molecule has 1 aromatic heterocycles. The molecule has 3 aromatic rings. The number of fused-ring (bicyclic) bond motifs is 1. The predicted molar refractivity (Wildman–Crippen MR) is 108 cm³/mol. The highest BCUT2D eigenvalue weighted by molar-refractivity contribution is 6.32. The van der Waals surface area contributed by atoms with E-state index in [4.69, 9.17) is 16.6 Å². The summed E-state index contributed by atoms with van der Waals surface area (Å²) in [4.78, 5) is 18.0. The monoisotopic (exact) mass is 369 g/mol. The van der Waals surface area contributed by atoms with Gasteiger partial charge in [0.25, 0.3) is 5.56 Å². The highest BCUT2D eigenvalue weighted by Crippen LogP contribution is 2.23. The molecule has 0 aliphatic carbocycles. The van der Waals surface area contributed by atoms with Crippen molar-refractivity contribution in [2.24, 2.45) is 0 Å². The zero-order valence-corrected chi connectivity index (χ0v) is 16.0. The number of benzene rings is 2. The molecule has 0 aliphatic heterocycles. The molecule has 4 nitrogen and oxygen atoms in total. The Morgan fingerprint density at radius 2 is 1.85 bits per heavy atom.